The maximum absolute atomic E-state index is 10.8. The molecule has 3 heteroatoms. The highest BCUT2D eigenvalue weighted by Crippen LogP contribution is 2.23. The number of benzene rings is 1. The third-order valence-electron chi connectivity index (χ3n) is 1.98. The van der Waals surface area contributed by atoms with Gasteiger partial charge in [-0.1, -0.05) is 31.5 Å². The Kier molecular flexibility index (Phi) is 4.53. The summed E-state index contributed by atoms with van der Waals surface area (Å²) < 4.78 is 0. The summed E-state index contributed by atoms with van der Waals surface area (Å²) in [5, 5.41) is -0.339. The van der Waals surface area contributed by atoms with Gasteiger partial charge in [0.25, 0.3) is 5.24 Å². The van der Waals surface area contributed by atoms with Crippen LogP contribution in [0.25, 0.3) is 0 Å². The molecule has 76 valence electrons. The van der Waals surface area contributed by atoms with Crippen molar-refractivity contribution in [2.24, 2.45) is 5.73 Å². The number of rotatable bonds is 4. The molecule has 1 rings (SSSR count). The maximum Gasteiger partial charge on any atom is 0.281 e. The lowest BCUT2D eigenvalue weighted by Gasteiger charge is -2.05. The van der Waals surface area contributed by atoms with Crippen molar-refractivity contribution in [3.63, 3.8) is 0 Å². The number of primary amides is 1. The number of nitrogens with two attached hydrogens (primary N) is 1. The number of hydrogen-bond acceptors (Lipinski definition) is 2. The number of carbonyl (C=O) groups excluding carboxylic acids is 1. The third-order valence-corrected chi connectivity index (χ3v) is 2.80. The minimum atomic E-state index is -0.339. The molecule has 2 nitrogen and oxygen atoms in total. The summed E-state index contributed by atoms with van der Waals surface area (Å²) in [6.45, 7) is 2.16. The standard InChI is InChI=1S/C11H15NOS/c1-2-3-6-9-7-4-5-8-10(9)14-11(12)13/h4-5,7-8H,2-3,6H2,1H3,(H2,12,13). The zero-order valence-electron chi connectivity index (χ0n) is 8.32. The van der Waals surface area contributed by atoms with Gasteiger partial charge in [-0.25, -0.2) is 0 Å². The quantitative estimate of drug-likeness (QED) is 0.774. The number of carbonyl (C=O) groups is 1. The van der Waals surface area contributed by atoms with E-state index in [1.165, 1.54) is 5.56 Å². The first-order chi connectivity index (χ1) is 6.74. The highest BCUT2D eigenvalue weighted by atomic mass is 32.2. The summed E-state index contributed by atoms with van der Waals surface area (Å²) in [7, 11) is 0. The fraction of sp³-hybridized carbons (Fsp3) is 0.364. The van der Waals surface area contributed by atoms with E-state index >= 15 is 0 Å². The fourth-order valence-corrected chi connectivity index (χ4v) is 1.95. The molecule has 0 fully saturated rings. The van der Waals surface area contributed by atoms with Crippen LogP contribution in [0.15, 0.2) is 29.2 Å². The average Bonchev–Trinajstić information content (AvgIpc) is 2.16. The Morgan fingerprint density at radius 2 is 2.14 bits per heavy atom. The van der Waals surface area contributed by atoms with Crippen LogP contribution in [0.2, 0.25) is 0 Å². The molecule has 0 saturated heterocycles. The second-order valence-corrected chi connectivity index (χ2v) is 4.18. The van der Waals surface area contributed by atoms with E-state index in [1.807, 2.05) is 18.2 Å². The van der Waals surface area contributed by atoms with Gasteiger partial charge in [-0.3, -0.25) is 4.79 Å². The van der Waals surface area contributed by atoms with E-state index in [2.05, 4.69) is 13.0 Å². The monoisotopic (exact) mass is 209 g/mol. The van der Waals surface area contributed by atoms with Crippen molar-refractivity contribution in [3.8, 4) is 0 Å². The minimum Gasteiger partial charge on any atom is -0.360 e. The average molecular weight is 209 g/mol. The predicted octanol–water partition coefficient (Wildman–Crippen LogP) is 3.20. The Balaban J connectivity index is 2.74. The fourth-order valence-electron chi connectivity index (χ4n) is 1.29. The molecule has 0 aliphatic carbocycles. The molecule has 1 aromatic rings. The van der Waals surface area contributed by atoms with Gasteiger partial charge < -0.3 is 5.73 Å². The molecule has 0 bridgehead atoms. The molecule has 0 saturated carbocycles. The topological polar surface area (TPSA) is 43.1 Å². The van der Waals surface area contributed by atoms with E-state index in [1.54, 1.807) is 0 Å². The molecule has 0 aliphatic heterocycles. The summed E-state index contributed by atoms with van der Waals surface area (Å²) in [6.07, 6.45) is 3.33. The molecular weight excluding hydrogens is 194 g/mol. The summed E-state index contributed by atoms with van der Waals surface area (Å²) in [4.78, 5) is 11.8. The molecule has 0 unspecified atom stereocenters. The van der Waals surface area contributed by atoms with Crippen LogP contribution < -0.4 is 5.73 Å². The summed E-state index contributed by atoms with van der Waals surface area (Å²) in [5.74, 6) is 0. The lowest BCUT2D eigenvalue weighted by Crippen LogP contribution is -2.02. The van der Waals surface area contributed by atoms with Crippen molar-refractivity contribution in [1.29, 1.82) is 0 Å². The first-order valence-corrected chi connectivity index (χ1v) is 5.61. The Bertz CT molecular complexity index is 312. The third kappa shape index (κ3) is 3.42. The van der Waals surface area contributed by atoms with Crippen LogP contribution in [-0.4, -0.2) is 5.24 Å². The van der Waals surface area contributed by atoms with Gasteiger partial charge in [0.15, 0.2) is 0 Å². The minimum absolute atomic E-state index is 0.339. The molecular formula is C11H15NOS. The molecule has 2 N–H and O–H groups in total. The highest BCUT2D eigenvalue weighted by molar-refractivity contribution is 8.13. The van der Waals surface area contributed by atoms with Crippen molar-refractivity contribution in [3.05, 3.63) is 29.8 Å². The summed E-state index contributed by atoms with van der Waals surface area (Å²) in [5.41, 5.74) is 6.37. The molecule has 0 aromatic heterocycles. The number of hydrogen-bond donors (Lipinski definition) is 1. The van der Waals surface area contributed by atoms with Crippen molar-refractivity contribution >= 4 is 17.0 Å². The molecule has 0 spiro atoms. The van der Waals surface area contributed by atoms with Crippen LogP contribution in [0.3, 0.4) is 0 Å². The van der Waals surface area contributed by atoms with E-state index in [0.717, 1.165) is 35.9 Å². The van der Waals surface area contributed by atoms with Crippen molar-refractivity contribution in [1.82, 2.24) is 0 Å². The van der Waals surface area contributed by atoms with Gasteiger partial charge in [-0.15, -0.1) is 0 Å². The Labute approximate surface area is 88.9 Å². The van der Waals surface area contributed by atoms with E-state index in [4.69, 9.17) is 5.73 Å². The largest absolute Gasteiger partial charge is 0.360 e. The van der Waals surface area contributed by atoms with Crippen molar-refractivity contribution < 1.29 is 4.79 Å². The second-order valence-electron chi connectivity index (χ2n) is 3.13. The van der Waals surface area contributed by atoms with Crippen LogP contribution in [0, 0.1) is 0 Å². The lowest BCUT2D eigenvalue weighted by atomic mass is 10.1. The smallest absolute Gasteiger partial charge is 0.281 e. The van der Waals surface area contributed by atoms with Crippen LogP contribution in [0.1, 0.15) is 25.3 Å². The summed E-state index contributed by atoms with van der Waals surface area (Å²) >= 11 is 1.11. The molecule has 0 radical (unpaired) electrons. The Hall–Kier alpha value is -0.960. The molecule has 14 heavy (non-hydrogen) atoms. The number of thioether (sulfide) groups is 1. The SMILES string of the molecule is CCCCc1ccccc1SC(N)=O. The zero-order valence-corrected chi connectivity index (χ0v) is 9.14. The number of aryl methyl sites for hydroxylation is 1. The van der Waals surface area contributed by atoms with Gasteiger partial charge in [0.1, 0.15) is 0 Å². The van der Waals surface area contributed by atoms with E-state index in [9.17, 15) is 4.79 Å². The molecule has 0 heterocycles. The number of amides is 1. The molecule has 1 aromatic carbocycles. The van der Waals surface area contributed by atoms with Crippen LogP contribution in [0.4, 0.5) is 4.79 Å². The Morgan fingerprint density at radius 1 is 1.43 bits per heavy atom. The molecule has 1 amide bonds. The van der Waals surface area contributed by atoms with Gasteiger partial charge in [-0.2, -0.15) is 0 Å². The first-order valence-electron chi connectivity index (χ1n) is 4.79. The van der Waals surface area contributed by atoms with Crippen molar-refractivity contribution in [2.75, 3.05) is 0 Å². The van der Waals surface area contributed by atoms with Gasteiger partial charge in [0.05, 0.1) is 0 Å². The maximum atomic E-state index is 10.8. The summed E-state index contributed by atoms with van der Waals surface area (Å²) in [6, 6.07) is 7.93. The lowest BCUT2D eigenvalue weighted by molar-refractivity contribution is 0.267. The molecule has 0 atom stereocenters. The van der Waals surface area contributed by atoms with E-state index < -0.39 is 0 Å². The van der Waals surface area contributed by atoms with Crippen molar-refractivity contribution in [2.45, 2.75) is 31.1 Å². The number of unbranched alkanes of at least 4 members (excludes halogenated alkanes) is 1. The van der Waals surface area contributed by atoms with Gasteiger partial charge in [0.2, 0.25) is 0 Å². The van der Waals surface area contributed by atoms with Gasteiger partial charge >= 0.3 is 0 Å². The van der Waals surface area contributed by atoms with Crippen LogP contribution in [-0.2, 0) is 6.42 Å². The van der Waals surface area contributed by atoms with Crippen LogP contribution in [0.5, 0.6) is 0 Å². The highest BCUT2D eigenvalue weighted by Gasteiger charge is 2.04. The zero-order chi connectivity index (χ0) is 10.4. The molecule has 0 aliphatic rings. The van der Waals surface area contributed by atoms with Crippen LogP contribution >= 0.6 is 11.8 Å². The normalized spacial score (nSPS) is 10.1. The van der Waals surface area contributed by atoms with Gasteiger partial charge in [0, 0.05) is 4.90 Å². The second kappa shape index (κ2) is 5.70. The predicted molar refractivity (Wildman–Crippen MR) is 60.5 cm³/mol. The van der Waals surface area contributed by atoms with Gasteiger partial charge in [-0.05, 0) is 36.2 Å². The Morgan fingerprint density at radius 3 is 2.79 bits per heavy atom. The van der Waals surface area contributed by atoms with E-state index in [-0.39, 0.29) is 5.24 Å². The first kappa shape index (κ1) is 11.1. The van der Waals surface area contributed by atoms with E-state index in [0.29, 0.717) is 0 Å².